The number of anilines is 1. The number of piperidine rings is 1. The highest BCUT2D eigenvalue weighted by molar-refractivity contribution is 7.91. The Hall–Kier alpha value is -1.85. The van der Waals surface area contributed by atoms with Gasteiger partial charge in [-0.1, -0.05) is 24.1 Å². The van der Waals surface area contributed by atoms with Gasteiger partial charge >= 0.3 is 0 Å². The molecule has 0 bridgehead atoms. The Morgan fingerprint density at radius 2 is 2.07 bits per heavy atom. The number of thiazole rings is 1. The van der Waals surface area contributed by atoms with E-state index in [2.05, 4.69) is 15.3 Å². The topological polar surface area (TPSA) is 92.3 Å². The Labute approximate surface area is 181 Å². The van der Waals surface area contributed by atoms with Gasteiger partial charge in [0.05, 0.1) is 10.0 Å². The quantitative estimate of drug-likeness (QED) is 0.608. The maximum Gasteiger partial charge on any atom is 0.253 e. The third kappa shape index (κ3) is 4.36. The monoisotopic (exact) mass is 468 g/mol. The van der Waals surface area contributed by atoms with E-state index in [-0.39, 0.29) is 10.1 Å². The molecule has 0 spiro atoms. The largest absolute Gasteiger partial charge is 0.301 e. The van der Waals surface area contributed by atoms with Gasteiger partial charge in [-0.15, -0.1) is 22.7 Å². The smallest absolute Gasteiger partial charge is 0.253 e. The Bertz CT molecular complexity index is 1110. The van der Waals surface area contributed by atoms with E-state index >= 15 is 0 Å². The summed E-state index contributed by atoms with van der Waals surface area (Å²) in [5.41, 5.74) is 1.37. The minimum absolute atomic E-state index is 0.147. The first kappa shape index (κ1) is 20.4. The van der Waals surface area contributed by atoms with Crippen molar-refractivity contribution in [2.75, 3.05) is 11.9 Å². The molecule has 29 heavy (non-hydrogen) atoms. The average molecular weight is 469 g/mol. The molecule has 0 aliphatic carbocycles. The third-order valence-electron chi connectivity index (χ3n) is 4.53. The lowest BCUT2D eigenvalue weighted by Gasteiger charge is -2.32. The molecule has 11 heteroatoms. The highest BCUT2D eigenvalue weighted by Gasteiger charge is 2.38. The van der Waals surface area contributed by atoms with E-state index < -0.39 is 16.1 Å². The van der Waals surface area contributed by atoms with E-state index in [0.29, 0.717) is 40.2 Å². The fourth-order valence-corrected chi connectivity index (χ4v) is 7.13. The number of sulfonamides is 1. The normalized spacial score (nSPS) is 17.9. The van der Waals surface area contributed by atoms with Gasteiger partial charge in [-0.3, -0.25) is 9.78 Å². The second kappa shape index (κ2) is 8.49. The number of aromatic nitrogens is 2. The highest BCUT2D eigenvalue weighted by atomic mass is 35.5. The lowest BCUT2D eigenvalue weighted by atomic mass is 10.0. The van der Waals surface area contributed by atoms with Crippen molar-refractivity contribution in [3.05, 3.63) is 46.2 Å². The molecule has 1 aliphatic heterocycles. The van der Waals surface area contributed by atoms with Crippen LogP contribution in [0.5, 0.6) is 0 Å². The Kier molecular flexibility index (Phi) is 5.98. The fraction of sp³-hybridized carbons (Fsp3) is 0.278. The molecule has 0 radical (unpaired) electrons. The molecule has 1 unspecified atom stereocenters. The Morgan fingerprint density at radius 3 is 2.79 bits per heavy atom. The molecule has 152 valence electrons. The van der Waals surface area contributed by atoms with Crippen molar-refractivity contribution in [1.82, 2.24) is 14.3 Å². The van der Waals surface area contributed by atoms with E-state index in [0.717, 1.165) is 17.8 Å². The molecule has 0 aromatic carbocycles. The highest BCUT2D eigenvalue weighted by Crippen LogP contribution is 2.32. The zero-order valence-corrected chi connectivity index (χ0v) is 18.3. The zero-order chi connectivity index (χ0) is 20.4. The van der Waals surface area contributed by atoms with Crippen molar-refractivity contribution in [2.45, 2.75) is 29.5 Å². The van der Waals surface area contributed by atoms with Crippen LogP contribution in [0.4, 0.5) is 5.13 Å². The Balaban J connectivity index is 1.53. The van der Waals surface area contributed by atoms with Gasteiger partial charge in [0.2, 0.25) is 5.91 Å². The molecule has 7 nitrogen and oxygen atoms in total. The van der Waals surface area contributed by atoms with E-state index in [1.807, 2.05) is 18.2 Å². The summed E-state index contributed by atoms with van der Waals surface area (Å²) in [6.07, 6.45) is 3.63. The second-order valence-electron chi connectivity index (χ2n) is 6.43. The second-order valence-corrected chi connectivity index (χ2v) is 11.1. The molecule has 0 saturated carbocycles. The molecule has 1 aliphatic rings. The van der Waals surface area contributed by atoms with Gasteiger partial charge in [0.15, 0.2) is 5.13 Å². The van der Waals surface area contributed by atoms with Gasteiger partial charge in [-0.05, 0) is 37.1 Å². The number of halogens is 1. The molecular weight excluding hydrogens is 452 g/mol. The van der Waals surface area contributed by atoms with Crippen LogP contribution in [-0.4, -0.2) is 41.2 Å². The van der Waals surface area contributed by atoms with Gasteiger partial charge in [0.25, 0.3) is 10.0 Å². The first-order valence-corrected chi connectivity index (χ1v) is 12.4. The molecule has 3 aromatic heterocycles. The van der Waals surface area contributed by atoms with Crippen LogP contribution in [0.3, 0.4) is 0 Å². The summed E-state index contributed by atoms with van der Waals surface area (Å²) < 4.78 is 27.9. The summed E-state index contributed by atoms with van der Waals surface area (Å²) in [7, 11) is -3.79. The summed E-state index contributed by atoms with van der Waals surface area (Å²) in [6, 6.07) is 7.76. The molecule has 1 N–H and O–H groups in total. The van der Waals surface area contributed by atoms with Crippen molar-refractivity contribution in [2.24, 2.45) is 0 Å². The van der Waals surface area contributed by atoms with E-state index in [4.69, 9.17) is 11.6 Å². The van der Waals surface area contributed by atoms with Crippen LogP contribution in [0.2, 0.25) is 4.34 Å². The first-order valence-electron chi connectivity index (χ1n) is 8.90. The van der Waals surface area contributed by atoms with Crippen LogP contribution in [0, 0.1) is 0 Å². The third-order valence-corrected chi connectivity index (χ3v) is 8.89. The van der Waals surface area contributed by atoms with Crippen molar-refractivity contribution in [1.29, 1.82) is 0 Å². The molecular formula is C18H17ClN4O3S3. The fourth-order valence-electron chi connectivity index (χ4n) is 3.16. The molecule has 1 saturated heterocycles. The molecule has 4 rings (SSSR count). The van der Waals surface area contributed by atoms with Crippen molar-refractivity contribution in [3.63, 3.8) is 0 Å². The van der Waals surface area contributed by atoms with Gasteiger partial charge in [0.1, 0.15) is 15.9 Å². The van der Waals surface area contributed by atoms with E-state index in [1.54, 1.807) is 17.6 Å². The molecule has 1 fully saturated rings. The SMILES string of the molecule is O=C(Nc1nc(-c2ccccn2)cs1)C1CCCCN1S(=O)(=O)c1ccc(Cl)s1. The predicted octanol–water partition coefficient (Wildman–Crippen LogP) is 4.10. The van der Waals surface area contributed by atoms with Crippen LogP contribution in [-0.2, 0) is 14.8 Å². The van der Waals surface area contributed by atoms with Gasteiger partial charge in [-0.25, -0.2) is 13.4 Å². The van der Waals surface area contributed by atoms with Crippen LogP contribution in [0.15, 0.2) is 46.1 Å². The maximum atomic E-state index is 13.0. The van der Waals surface area contributed by atoms with Crippen LogP contribution in [0.25, 0.3) is 11.4 Å². The number of amides is 1. The average Bonchev–Trinajstić information content (AvgIpc) is 3.38. The van der Waals surface area contributed by atoms with Crippen molar-refractivity contribution >= 4 is 55.3 Å². The Morgan fingerprint density at radius 1 is 1.21 bits per heavy atom. The van der Waals surface area contributed by atoms with Crippen LogP contribution >= 0.6 is 34.3 Å². The van der Waals surface area contributed by atoms with Crippen LogP contribution in [0.1, 0.15) is 19.3 Å². The number of hydrogen-bond acceptors (Lipinski definition) is 7. The lowest BCUT2D eigenvalue weighted by Crippen LogP contribution is -2.49. The lowest BCUT2D eigenvalue weighted by molar-refractivity contribution is -0.120. The summed E-state index contributed by atoms with van der Waals surface area (Å²) in [5.74, 6) is -0.377. The standard InChI is InChI=1S/C18H17ClN4O3S3/c19-15-7-8-16(28-15)29(25,26)23-10-4-2-6-14(23)17(24)22-18-21-13(11-27-18)12-5-1-3-9-20-12/h1,3,5,7-9,11,14H,2,4,6,10H2,(H,21,22,24). The number of nitrogens with zero attached hydrogens (tertiary/aromatic N) is 3. The molecule has 1 amide bonds. The van der Waals surface area contributed by atoms with Gasteiger partial charge in [-0.2, -0.15) is 4.31 Å². The number of nitrogens with one attached hydrogen (secondary N) is 1. The van der Waals surface area contributed by atoms with Gasteiger partial charge < -0.3 is 5.32 Å². The molecule has 1 atom stereocenters. The first-order chi connectivity index (χ1) is 13.9. The predicted molar refractivity (Wildman–Crippen MR) is 115 cm³/mol. The van der Waals surface area contributed by atoms with Crippen molar-refractivity contribution < 1.29 is 13.2 Å². The van der Waals surface area contributed by atoms with Crippen LogP contribution < -0.4 is 5.32 Å². The van der Waals surface area contributed by atoms with E-state index in [1.165, 1.54) is 21.7 Å². The van der Waals surface area contributed by atoms with E-state index in [9.17, 15) is 13.2 Å². The maximum absolute atomic E-state index is 13.0. The molecule has 3 aromatic rings. The summed E-state index contributed by atoms with van der Waals surface area (Å²) in [4.78, 5) is 21.6. The minimum Gasteiger partial charge on any atom is -0.301 e. The number of carbonyl (C=O) groups is 1. The molecule has 4 heterocycles. The summed E-state index contributed by atoms with van der Waals surface area (Å²) >= 11 is 8.18. The van der Waals surface area contributed by atoms with Crippen molar-refractivity contribution in [3.8, 4) is 11.4 Å². The number of rotatable bonds is 5. The number of hydrogen-bond donors (Lipinski definition) is 1. The number of thiophene rings is 1. The minimum atomic E-state index is -3.79. The number of pyridine rings is 1. The van der Waals surface area contributed by atoms with Gasteiger partial charge in [0, 0.05) is 18.1 Å². The number of carbonyl (C=O) groups excluding carboxylic acids is 1. The zero-order valence-electron chi connectivity index (χ0n) is 15.1. The summed E-state index contributed by atoms with van der Waals surface area (Å²) in [6.45, 7) is 0.299. The summed E-state index contributed by atoms with van der Waals surface area (Å²) in [5, 5.41) is 4.99.